The van der Waals surface area contributed by atoms with Crippen molar-refractivity contribution >= 4 is 11.5 Å². The summed E-state index contributed by atoms with van der Waals surface area (Å²) >= 11 is 0. The second kappa shape index (κ2) is 6.46. The van der Waals surface area contributed by atoms with Crippen LogP contribution in [0.2, 0.25) is 0 Å². The van der Waals surface area contributed by atoms with Gasteiger partial charge in [-0.3, -0.25) is 14.5 Å². The van der Waals surface area contributed by atoms with Crippen LogP contribution in [0.4, 0.5) is 13.2 Å². The summed E-state index contributed by atoms with van der Waals surface area (Å²) in [5, 5.41) is 3.74. The number of aromatic nitrogens is 3. The molecule has 126 valence electrons. The summed E-state index contributed by atoms with van der Waals surface area (Å²) < 4.78 is 37.9. The van der Waals surface area contributed by atoms with E-state index in [2.05, 4.69) is 16.2 Å². The fourth-order valence-corrected chi connectivity index (χ4v) is 2.60. The SMILES string of the molecule is O=C(c1ccn(CC(F)(F)F)n1)N1CCC=C(c2ccncc2)C1. The molecule has 0 fully saturated rings. The number of hydrogen-bond acceptors (Lipinski definition) is 3. The Morgan fingerprint density at radius 2 is 1.96 bits per heavy atom. The molecule has 0 N–H and O–H groups in total. The normalized spacial score (nSPS) is 15.3. The number of amides is 1. The van der Waals surface area contributed by atoms with E-state index < -0.39 is 12.7 Å². The number of hydrogen-bond donors (Lipinski definition) is 0. The second-order valence-electron chi connectivity index (χ2n) is 5.49. The molecule has 1 aliphatic heterocycles. The molecule has 2 aromatic rings. The molecule has 1 aliphatic rings. The Hall–Kier alpha value is -2.64. The van der Waals surface area contributed by atoms with Crippen molar-refractivity contribution in [2.45, 2.75) is 19.1 Å². The average Bonchev–Trinajstić information content (AvgIpc) is 3.01. The Kier molecular flexibility index (Phi) is 4.37. The molecule has 8 heteroatoms. The molecule has 0 spiro atoms. The number of nitrogens with zero attached hydrogens (tertiary/aromatic N) is 4. The molecule has 5 nitrogen and oxygen atoms in total. The van der Waals surface area contributed by atoms with Crippen molar-refractivity contribution in [2.75, 3.05) is 13.1 Å². The van der Waals surface area contributed by atoms with Gasteiger partial charge < -0.3 is 4.90 Å². The number of carbonyl (C=O) groups is 1. The quantitative estimate of drug-likeness (QED) is 0.866. The molecule has 2 aromatic heterocycles. The van der Waals surface area contributed by atoms with Gasteiger partial charge in [-0.15, -0.1) is 0 Å². The van der Waals surface area contributed by atoms with Crippen molar-refractivity contribution in [3.8, 4) is 0 Å². The lowest BCUT2D eigenvalue weighted by atomic mass is 10.0. The zero-order chi connectivity index (χ0) is 17.2. The third-order valence-electron chi connectivity index (χ3n) is 3.69. The zero-order valence-electron chi connectivity index (χ0n) is 12.7. The van der Waals surface area contributed by atoms with Crippen LogP contribution < -0.4 is 0 Å². The smallest absolute Gasteiger partial charge is 0.333 e. The average molecular weight is 336 g/mol. The van der Waals surface area contributed by atoms with Gasteiger partial charge in [-0.25, -0.2) is 0 Å². The van der Waals surface area contributed by atoms with Crippen LogP contribution in [0, 0.1) is 0 Å². The van der Waals surface area contributed by atoms with Crippen molar-refractivity contribution < 1.29 is 18.0 Å². The lowest BCUT2D eigenvalue weighted by molar-refractivity contribution is -0.142. The molecule has 3 rings (SSSR count). The maximum atomic E-state index is 12.5. The zero-order valence-corrected chi connectivity index (χ0v) is 12.7. The van der Waals surface area contributed by atoms with Gasteiger partial charge in [-0.05, 0) is 35.8 Å². The first-order valence-electron chi connectivity index (χ1n) is 7.41. The lowest BCUT2D eigenvalue weighted by Gasteiger charge is -2.27. The highest BCUT2D eigenvalue weighted by atomic mass is 19.4. The van der Waals surface area contributed by atoms with E-state index in [0.717, 1.165) is 15.8 Å². The Balaban J connectivity index is 1.71. The predicted molar refractivity (Wildman–Crippen MR) is 81.0 cm³/mol. The molecular weight excluding hydrogens is 321 g/mol. The third kappa shape index (κ3) is 3.81. The Morgan fingerprint density at radius 3 is 2.67 bits per heavy atom. The molecule has 0 unspecified atom stereocenters. The van der Waals surface area contributed by atoms with E-state index >= 15 is 0 Å². The van der Waals surface area contributed by atoms with Gasteiger partial charge in [0.1, 0.15) is 12.2 Å². The molecule has 1 amide bonds. The fraction of sp³-hybridized carbons (Fsp3) is 0.312. The Morgan fingerprint density at radius 1 is 1.21 bits per heavy atom. The molecule has 0 aliphatic carbocycles. The van der Waals surface area contributed by atoms with Crippen LogP contribution in [0.3, 0.4) is 0 Å². The second-order valence-corrected chi connectivity index (χ2v) is 5.49. The van der Waals surface area contributed by atoms with E-state index in [-0.39, 0.29) is 11.6 Å². The van der Waals surface area contributed by atoms with Crippen LogP contribution in [0.15, 0.2) is 42.9 Å². The molecular formula is C16H15F3N4O. The largest absolute Gasteiger partial charge is 0.408 e. The Bertz CT molecular complexity index is 752. The van der Waals surface area contributed by atoms with Crippen LogP contribution >= 0.6 is 0 Å². The van der Waals surface area contributed by atoms with Gasteiger partial charge in [0.2, 0.25) is 0 Å². The molecule has 3 heterocycles. The molecule has 0 radical (unpaired) electrons. The number of carbonyl (C=O) groups excluding carboxylic acids is 1. The Labute approximate surface area is 136 Å². The lowest BCUT2D eigenvalue weighted by Crippen LogP contribution is -2.35. The summed E-state index contributed by atoms with van der Waals surface area (Å²) in [4.78, 5) is 18.0. The van der Waals surface area contributed by atoms with Crippen molar-refractivity contribution in [3.05, 3.63) is 54.1 Å². The first kappa shape index (κ1) is 16.2. The molecule has 0 atom stereocenters. The van der Waals surface area contributed by atoms with E-state index in [9.17, 15) is 18.0 Å². The van der Waals surface area contributed by atoms with Gasteiger partial charge in [-0.2, -0.15) is 18.3 Å². The maximum absolute atomic E-state index is 12.5. The number of pyridine rings is 1. The highest BCUT2D eigenvalue weighted by Crippen LogP contribution is 2.22. The van der Waals surface area contributed by atoms with Gasteiger partial charge >= 0.3 is 6.18 Å². The number of rotatable bonds is 3. The summed E-state index contributed by atoms with van der Waals surface area (Å²) in [7, 11) is 0. The van der Waals surface area contributed by atoms with Crippen LogP contribution in [-0.4, -0.2) is 44.8 Å². The van der Waals surface area contributed by atoms with Gasteiger partial charge in [0.15, 0.2) is 0 Å². The number of alkyl halides is 3. The van der Waals surface area contributed by atoms with Crippen molar-refractivity contribution in [3.63, 3.8) is 0 Å². The van der Waals surface area contributed by atoms with E-state index in [1.54, 1.807) is 17.3 Å². The van der Waals surface area contributed by atoms with Gasteiger partial charge in [-0.1, -0.05) is 6.08 Å². The number of halogens is 3. The minimum absolute atomic E-state index is 0.0234. The van der Waals surface area contributed by atoms with E-state index in [0.29, 0.717) is 19.5 Å². The van der Waals surface area contributed by atoms with Crippen molar-refractivity contribution in [1.29, 1.82) is 0 Å². The highest BCUT2D eigenvalue weighted by molar-refractivity contribution is 5.93. The minimum atomic E-state index is -4.37. The molecule has 24 heavy (non-hydrogen) atoms. The first-order valence-corrected chi connectivity index (χ1v) is 7.41. The van der Waals surface area contributed by atoms with Gasteiger partial charge in [0, 0.05) is 31.7 Å². The van der Waals surface area contributed by atoms with E-state index in [4.69, 9.17) is 0 Å². The van der Waals surface area contributed by atoms with E-state index in [1.807, 2.05) is 12.1 Å². The summed E-state index contributed by atoms with van der Waals surface area (Å²) in [6.07, 6.45) is 2.90. The first-order chi connectivity index (χ1) is 11.4. The molecule has 0 bridgehead atoms. The minimum Gasteiger partial charge on any atom is -0.333 e. The highest BCUT2D eigenvalue weighted by Gasteiger charge is 2.29. The standard InChI is InChI=1S/C16H15F3N4O/c17-16(18,19)11-23-9-5-14(21-23)15(24)22-8-1-2-13(10-22)12-3-6-20-7-4-12/h2-7,9H,1,8,10-11H2. The molecule has 0 aromatic carbocycles. The van der Waals surface area contributed by atoms with Gasteiger partial charge in [0.25, 0.3) is 5.91 Å². The van der Waals surface area contributed by atoms with Crippen molar-refractivity contribution in [2.24, 2.45) is 0 Å². The predicted octanol–water partition coefficient (Wildman–Crippen LogP) is 2.77. The van der Waals surface area contributed by atoms with E-state index in [1.165, 1.54) is 12.3 Å². The van der Waals surface area contributed by atoms with Crippen molar-refractivity contribution in [1.82, 2.24) is 19.7 Å². The third-order valence-corrected chi connectivity index (χ3v) is 3.69. The summed E-state index contributed by atoms with van der Waals surface area (Å²) in [6.45, 7) is -0.295. The summed E-state index contributed by atoms with van der Waals surface area (Å²) in [5.41, 5.74) is 1.99. The summed E-state index contributed by atoms with van der Waals surface area (Å²) in [5.74, 6) is -0.365. The van der Waals surface area contributed by atoms with Crippen LogP contribution in [0.25, 0.3) is 5.57 Å². The molecule has 0 saturated carbocycles. The van der Waals surface area contributed by atoms with Crippen LogP contribution in [0.1, 0.15) is 22.5 Å². The van der Waals surface area contributed by atoms with Gasteiger partial charge in [0.05, 0.1) is 0 Å². The van der Waals surface area contributed by atoms with Crippen LogP contribution in [0.5, 0.6) is 0 Å². The maximum Gasteiger partial charge on any atom is 0.408 e. The summed E-state index contributed by atoms with van der Waals surface area (Å²) in [6, 6.07) is 5.04. The topological polar surface area (TPSA) is 51.0 Å². The fourth-order valence-electron chi connectivity index (χ4n) is 2.60. The van der Waals surface area contributed by atoms with Crippen LogP contribution in [-0.2, 0) is 6.54 Å². The monoisotopic (exact) mass is 336 g/mol. The molecule has 0 saturated heterocycles.